The highest BCUT2D eigenvalue weighted by Crippen LogP contribution is 2.35. The Morgan fingerprint density at radius 1 is 0.960 bits per heavy atom. The van der Waals surface area contributed by atoms with Crippen molar-refractivity contribution in [2.45, 2.75) is 0 Å². The maximum Gasteiger partial charge on any atom is 0.344 e. The van der Waals surface area contributed by atoms with Crippen molar-refractivity contribution in [2.24, 2.45) is 0 Å². The zero-order chi connectivity index (χ0) is 18.4. The summed E-state index contributed by atoms with van der Waals surface area (Å²) in [5, 5.41) is 0.675. The van der Waals surface area contributed by atoms with Gasteiger partial charge in [-0.2, -0.15) is 0 Å². The first kappa shape index (κ1) is 19.4. The van der Waals surface area contributed by atoms with E-state index in [0.717, 1.165) is 0 Å². The van der Waals surface area contributed by atoms with Gasteiger partial charge in [-0.1, -0.05) is 34.8 Å². The summed E-state index contributed by atoms with van der Waals surface area (Å²) >= 11 is 17.7. The first-order chi connectivity index (χ1) is 11.9. The molecule has 2 aromatic rings. The van der Waals surface area contributed by atoms with Gasteiger partial charge in [-0.15, -0.1) is 0 Å². The summed E-state index contributed by atoms with van der Waals surface area (Å²) in [6.45, 7) is -0.854. The molecule has 0 spiro atoms. The third kappa shape index (κ3) is 5.53. The zero-order valence-corrected chi connectivity index (χ0v) is 15.3. The molecule has 0 fully saturated rings. The average molecular weight is 404 g/mol. The van der Waals surface area contributed by atoms with Crippen LogP contribution >= 0.6 is 34.8 Å². The van der Waals surface area contributed by atoms with Gasteiger partial charge in [0.25, 0.3) is 0 Å². The molecule has 2 aromatic carbocycles. The Balaban J connectivity index is 1.85. The SMILES string of the molecule is COc1ccc(C(=O)COC(=O)COc2c(Cl)cc(Cl)cc2Cl)cc1. The summed E-state index contributed by atoms with van der Waals surface area (Å²) in [5.41, 5.74) is 0.401. The van der Waals surface area contributed by atoms with E-state index in [9.17, 15) is 9.59 Å². The zero-order valence-electron chi connectivity index (χ0n) is 13.1. The molecule has 0 aliphatic carbocycles. The molecular formula is C17H13Cl3O5. The molecule has 0 heterocycles. The third-order valence-electron chi connectivity index (χ3n) is 3.07. The first-order valence-electron chi connectivity index (χ1n) is 7.01. The highest BCUT2D eigenvalue weighted by molar-refractivity contribution is 6.40. The Morgan fingerprint density at radius 3 is 2.12 bits per heavy atom. The molecule has 25 heavy (non-hydrogen) atoms. The largest absolute Gasteiger partial charge is 0.497 e. The lowest BCUT2D eigenvalue weighted by molar-refractivity contribution is -0.144. The number of carbonyl (C=O) groups excluding carboxylic acids is 2. The normalized spacial score (nSPS) is 10.2. The van der Waals surface area contributed by atoms with Crippen LogP contribution in [0, 0.1) is 0 Å². The van der Waals surface area contributed by atoms with E-state index in [4.69, 9.17) is 49.0 Å². The molecule has 0 saturated heterocycles. The van der Waals surface area contributed by atoms with Crippen LogP contribution in [0.4, 0.5) is 0 Å². The molecular weight excluding hydrogens is 391 g/mol. The fourth-order valence-electron chi connectivity index (χ4n) is 1.85. The molecule has 0 N–H and O–H groups in total. The van der Waals surface area contributed by atoms with Crippen LogP contribution in [-0.2, 0) is 9.53 Å². The molecule has 0 radical (unpaired) electrons. The molecule has 0 bridgehead atoms. The maximum absolute atomic E-state index is 12.0. The molecule has 132 valence electrons. The Morgan fingerprint density at radius 2 is 1.56 bits per heavy atom. The third-order valence-corrected chi connectivity index (χ3v) is 3.85. The van der Waals surface area contributed by atoms with E-state index in [1.807, 2.05) is 0 Å². The van der Waals surface area contributed by atoms with Crippen molar-refractivity contribution in [3.8, 4) is 11.5 Å². The van der Waals surface area contributed by atoms with Crippen LogP contribution in [0.1, 0.15) is 10.4 Å². The van der Waals surface area contributed by atoms with Crippen molar-refractivity contribution in [2.75, 3.05) is 20.3 Å². The Kier molecular flexibility index (Phi) is 6.93. The Labute approximate surface area is 159 Å². The van der Waals surface area contributed by atoms with Crippen molar-refractivity contribution in [3.63, 3.8) is 0 Å². The molecule has 0 unspecified atom stereocenters. The fraction of sp³-hybridized carbons (Fsp3) is 0.176. The number of benzene rings is 2. The standard InChI is InChI=1S/C17H13Cl3O5/c1-23-12-4-2-10(3-5-12)15(21)8-24-16(22)9-25-17-13(19)6-11(18)7-14(17)20/h2-7H,8-9H2,1H3. The number of methoxy groups -OCH3 is 1. The lowest BCUT2D eigenvalue weighted by Gasteiger charge is -2.10. The number of Topliss-reactive ketones (excluding diaryl/α,β-unsaturated/α-hetero) is 1. The molecule has 8 heteroatoms. The van der Waals surface area contributed by atoms with Crippen molar-refractivity contribution < 1.29 is 23.8 Å². The second-order valence-electron chi connectivity index (χ2n) is 4.80. The molecule has 0 aliphatic rings. The summed E-state index contributed by atoms with van der Waals surface area (Å²) in [7, 11) is 1.53. The van der Waals surface area contributed by atoms with E-state index in [0.29, 0.717) is 16.3 Å². The van der Waals surface area contributed by atoms with Crippen LogP contribution in [0.25, 0.3) is 0 Å². The van der Waals surface area contributed by atoms with Gasteiger partial charge in [0.15, 0.2) is 24.7 Å². The highest BCUT2D eigenvalue weighted by atomic mass is 35.5. The molecule has 2 rings (SSSR count). The number of hydrogen-bond donors (Lipinski definition) is 0. The number of esters is 1. The molecule has 0 saturated carbocycles. The van der Waals surface area contributed by atoms with Crippen LogP contribution < -0.4 is 9.47 Å². The van der Waals surface area contributed by atoms with Gasteiger partial charge in [-0.3, -0.25) is 4.79 Å². The van der Waals surface area contributed by atoms with Crippen molar-refractivity contribution >= 4 is 46.6 Å². The Bertz CT molecular complexity index is 751. The van der Waals surface area contributed by atoms with Crippen LogP contribution in [0.3, 0.4) is 0 Å². The molecule has 5 nitrogen and oxygen atoms in total. The smallest absolute Gasteiger partial charge is 0.344 e. The molecule has 0 amide bonds. The number of hydrogen-bond acceptors (Lipinski definition) is 5. The van der Waals surface area contributed by atoms with Gasteiger partial charge in [0, 0.05) is 10.6 Å². The van der Waals surface area contributed by atoms with Gasteiger partial charge in [-0.25, -0.2) is 4.79 Å². The van der Waals surface area contributed by atoms with Gasteiger partial charge < -0.3 is 14.2 Å². The monoisotopic (exact) mass is 402 g/mol. The highest BCUT2D eigenvalue weighted by Gasteiger charge is 2.14. The van der Waals surface area contributed by atoms with Crippen molar-refractivity contribution in [1.29, 1.82) is 0 Å². The molecule has 0 aromatic heterocycles. The van der Waals surface area contributed by atoms with Gasteiger partial charge in [0.05, 0.1) is 17.2 Å². The second-order valence-corrected chi connectivity index (χ2v) is 6.05. The number of ketones is 1. The molecule has 0 atom stereocenters. The van der Waals surface area contributed by atoms with Gasteiger partial charge in [0.2, 0.25) is 0 Å². The minimum atomic E-state index is -0.732. The summed E-state index contributed by atoms with van der Waals surface area (Å²) in [4.78, 5) is 23.7. The average Bonchev–Trinajstić information content (AvgIpc) is 2.58. The fourth-order valence-corrected chi connectivity index (χ4v) is 2.77. The number of halogens is 3. The minimum Gasteiger partial charge on any atom is -0.497 e. The quantitative estimate of drug-likeness (QED) is 0.504. The topological polar surface area (TPSA) is 61.8 Å². The molecule has 0 aliphatic heterocycles. The lowest BCUT2D eigenvalue weighted by atomic mass is 10.1. The van der Waals surface area contributed by atoms with Gasteiger partial charge in [-0.05, 0) is 36.4 Å². The number of rotatable bonds is 7. The van der Waals surface area contributed by atoms with E-state index in [-0.39, 0.29) is 21.6 Å². The van der Waals surface area contributed by atoms with Crippen LogP contribution in [0.15, 0.2) is 36.4 Å². The van der Waals surface area contributed by atoms with E-state index in [1.54, 1.807) is 24.3 Å². The summed E-state index contributed by atoms with van der Waals surface area (Å²) in [6, 6.07) is 9.31. The predicted octanol–water partition coefficient (Wildman–Crippen LogP) is 4.46. The summed E-state index contributed by atoms with van der Waals surface area (Å²) in [5.74, 6) is -0.340. The van der Waals surface area contributed by atoms with E-state index in [2.05, 4.69) is 0 Å². The van der Waals surface area contributed by atoms with Crippen LogP contribution in [-0.4, -0.2) is 32.1 Å². The van der Waals surface area contributed by atoms with Gasteiger partial charge in [0.1, 0.15) is 5.75 Å². The van der Waals surface area contributed by atoms with Crippen molar-refractivity contribution in [3.05, 3.63) is 57.0 Å². The van der Waals surface area contributed by atoms with Gasteiger partial charge >= 0.3 is 5.97 Å². The number of carbonyl (C=O) groups is 2. The summed E-state index contributed by atoms with van der Waals surface area (Å²) < 4.78 is 15.1. The predicted molar refractivity (Wildman–Crippen MR) is 95.3 cm³/mol. The minimum absolute atomic E-state index is 0.117. The van der Waals surface area contributed by atoms with E-state index < -0.39 is 19.2 Å². The Hall–Kier alpha value is -1.95. The van der Waals surface area contributed by atoms with Crippen LogP contribution in [0.2, 0.25) is 15.1 Å². The first-order valence-corrected chi connectivity index (χ1v) is 8.14. The second kappa shape index (κ2) is 8.94. The van der Waals surface area contributed by atoms with E-state index in [1.165, 1.54) is 19.2 Å². The summed E-state index contributed by atoms with van der Waals surface area (Å²) in [6.07, 6.45) is 0. The number of ether oxygens (including phenoxy) is 3. The van der Waals surface area contributed by atoms with Crippen LogP contribution in [0.5, 0.6) is 11.5 Å². The lowest BCUT2D eigenvalue weighted by Crippen LogP contribution is -2.19. The van der Waals surface area contributed by atoms with Crippen molar-refractivity contribution in [1.82, 2.24) is 0 Å². The van der Waals surface area contributed by atoms with E-state index >= 15 is 0 Å². The maximum atomic E-state index is 12.0.